The quantitative estimate of drug-likeness (QED) is 0.591. The van der Waals surface area contributed by atoms with E-state index in [-0.39, 0.29) is 17.3 Å². The Labute approximate surface area is 124 Å². The molecular formula is C15H12F2O3S. The fraction of sp³-hybridized carbons (Fsp3) is 0.133. The largest absolute Gasteiger partial charge is 0.493 e. The summed E-state index contributed by atoms with van der Waals surface area (Å²) >= 11 is 1.31. The highest BCUT2D eigenvalue weighted by Gasteiger charge is 2.14. The topological polar surface area (TPSA) is 35.5 Å². The number of carbonyl (C=O) groups is 1. The third-order valence-corrected chi connectivity index (χ3v) is 3.50. The van der Waals surface area contributed by atoms with Gasteiger partial charge in [-0.25, -0.2) is 0 Å². The predicted octanol–water partition coefficient (Wildman–Crippen LogP) is 4.25. The summed E-state index contributed by atoms with van der Waals surface area (Å²) in [7, 11) is 1.36. The zero-order valence-electron chi connectivity index (χ0n) is 11.1. The van der Waals surface area contributed by atoms with Crippen LogP contribution < -0.4 is 9.47 Å². The number of alkyl halides is 2. The van der Waals surface area contributed by atoms with Crippen LogP contribution in [0.15, 0.2) is 41.8 Å². The number of methoxy groups -OCH3 is 1. The van der Waals surface area contributed by atoms with E-state index < -0.39 is 6.61 Å². The number of allylic oxidation sites excluding steroid dienone is 1. The van der Waals surface area contributed by atoms with Gasteiger partial charge in [0.05, 0.1) is 12.0 Å². The first-order valence-corrected chi connectivity index (χ1v) is 6.87. The van der Waals surface area contributed by atoms with Crippen LogP contribution in [0.4, 0.5) is 8.78 Å². The summed E-state index contributed by atoms with van der Waals surface area (Å²) in [6.45, 7) is -2.97. The van der Waals surface area contributed by atoms with Crippen molar-refractivity contribution in [3.8, 4) is 11.5 Å². The van der Waals surface area contributed by atoms with Gasteiger partial charge in [0.25, 0.3) is 0 Å². The van der Waals surface area contributed by atoms with Gasteiger partial charge in [0, 0.05) is 5.56 Å². The molecule has 0 aliphatic rings. The van der Waals surface area contributed by atoms with Gasteiger partial charge < -0.3 is 9.47 Å². The van der Waals surface area contributed by atoms with Gasteiger partial charge in [-0.15, -0.1) is 11.3 Å². The molecule has 0 atom stereocenters. The first-order valence-electron chi connectivity index (χ1n) is 5.99. The fourth-order valence-electron chi connectivity index (χ4n) is 1.71. The molecule has 2 rings (SSSR count). The number of hydrogen-bond donors (Lipinski definition) is 0. The SMILES string of the molecule is COc1cccc(/C=C/C(=O)c2cccs2)c1OC(F)F. The van der Waals surface area contributed by atoms with Crippen molar-refractivity contribution in [2.45, 2.75) is 6.61 Å². The van der Waals surface area contributed by atoms with Crippen molar-refractivity contribution in [2.75, 3.05) is 7.11 Å². The van der Waals surface area contributed by atoms with Crippen molar-refractivity contribution >= 4 is 23.2 Å². The molecule has 0 aliphatic heterocycles. The summed E-state index contributed by atoms with van der Waals surface area (Å²) in [5, 5.41) is 1.79. The molecule has 3 nitrogen and oxygen atoms in total. The zero-order valence-corrected chi connectivity index (χ0v) is 11.9. The van der Waals surface area contributed by atoms with Crippen molar-refractivity contribution in [1.82, 2.24) is 0 Å². The summed E-state index contributed by atoms with van der Waals surface area (Å²) < 4.78 is 34.4. The second-order valence-electron chi connectivity index (χ2n) is 3.93. The van der Waals surface area contributed by atoms with Crippen molar-refractivity contribution in [2.24, 2.45) is 0 Å². The molecule has 0 saturated heterocycles. The van der Waals surface area contributed by atoms with Crippen LogP contribution in [0.3, 0.4) is 0 Å². The van der Waals surface area contributed by atoms with E-state index >= 15 is 0 Å². The Morgan fingerprint density at radius 3 is 2.71 bits per heavy atom. The molecule has 2 aromatic rings. The van der Waals surface area contributed by atoms with Crippen LogP contribution in [0.25, 0.3) is 6.08 Å². The highest BCUT2D eigenvalue weighted by molar-refractivity contribution is 7.12. The number of thiophene rings is 1. The Morgan fingerprint density at radius 2 is 2.10 bits per heavy atom. The smallest absolute Gasteiger partial charge is 0.387 e. The van der Waals surface area contributed by atoms with Crippen molar-refractivity contribution in [3.05, 3.63) is 52.2 Å². The standard InChI is InChI=1S/C15H12F2O3S/c1-19-12-5-2-4-10(14(12)20-15(16)17)7-8-11(18)13-6-3-9-21-13/h2-9,15H,1H3/b8-7+. The Kier molecular flexibility index (Phi) is 5.05. The molecule has 1 aromatic heterocycles. The fourth-order valence-corrected chi connectivity index (χ4v) is 2.35. The minimum absolute atomic E-state index is 0.0924. The number of ether oxygens (including phenoxy) is 2. The number of carbonyl (C=O) groups excluding carboxylic acids is 1. The summed E-state index contributed by atoms with van der Waals surface area (Å²) in [6, 6.07) is 8.17. The Balaban J connectivity index is 2.28. The maximum atomic E-state index is 12.5. The van der Waals surface area contributed by atoms with Crippen LogP contribution >= 0.6 is 11.3 Å². The molecule has 0 bridgehead atoms. The monoisotopic (exact) mass is 310 g/mol. The molecular weight excluding hydrogens is 298 g/mol. The van der Waals surface area contributed by atoms with Crippen molar-refractivity contribution in [3.63, 3.8) is 0 Å². The van der Waals surface area contributed by atoms with Gasteiger partial charge in [-0.1, -0.05) is 18.2 Å². The number of hydrogen-bond acceptors (Lipinski definition) is 4. The van der Waals surface area contributed by atoms with E-state index in [2.05, 4.69) is 4.74 Å². The molecule has 0 N–H and O–H groups in total. The average molecular weight is 310 g/mol. The molecule has 0 aliphatic carbocycles. The summed E-state index contributed by atoms with van der Waals surface area (Å²) in [5.74, 6) is -0.109. The normalized spacial score (nSPS) is 11.0. The Morgan fingerprint density at radius 1 is 1.29 bits per heavy atom. The molecule has 0 spiro atoms. The number of halogens is 2. The van der Waals surface area contributed by atoms with E-state index in [0.29, 0.717) is 10.4 Å². The molecule has 0 saturated carbocycles. The molecule has 0 amide bonds. The first-order chi connectivity index (χ1) is 10.1. The van der Waals surface area contributed by atoms with E-state index in [1.807, 2.05) is 0 Å². The van der Waals surface area contributed by atoms with Crippen LogP contribution in [0.1, 0.15) is 15.2 Å². The van der Waals surface area contributed by atoms with E-state index in [4.69, 9.17) is 4.74 Å². The van der Waals surface area contributed by atoms with Gasteiger partial charge in [-0.3, -0.25) is 4.79 Å². The molecule has 21 heavy (non-hydrogen) atoms. The Hall–Kier alpha value is -2.21. The van der Waals surface area contributed by atoms with Gasteiger partial charge in [-0.05, 0) is 29.7 Å². The number of rotatable bonds is 6. The summed E-state index contributed by atoms with van der Waals surface area (Å²) in [4.78, 5) is 12.4. The van der Waals surface area contributed by atoms with E-state index in [0.717, 1.165) is 0 Å². The third kappa shape index (κ3) is 3.88. The highest BCUT2D eigenvalue weighted by Crippen LogP contribution is 2.33. The van der Waals surface area contributed by atoms with Gasteiger partial charge in [0.2, 0.25) is 0 Å². The number of benzene rings is 1. The molecule has 1 aromatic carbocycles. The minimum atomic E-state index is -2.97. The molecule has 110 valence electrons. The summed E-state index contributed by atoms with van der Waals surface area (Å²) in [5.41, 5.74) is 0.347. The van der Waals surface area contributed by atoms with Crippen molar-refractivity contribution in [1.29, 1.82) is 0 Å². The third-order valence-electron chi connectivity index (χ3n) is 2.61. The van der Waals surface area contributed by atoms with Crippen LogP contribution in [0.2, 0.25) is 0 Å². The average Bonchev–Trinajstić information content (AvgIpc) is 2.99. The maximum Gasteiger partial charge on any atom is 0.387 e. The first kappa shape index (κ1) is 15.2. The lowest BCUT2D eigenvalue weighted by atomic mass is 10.1. The van der Waals surface area contributed by atoms with Crippen LogP contribution in [-0.4, -0.2) is 19.5 Å². The van der Waals surface area contributed by atoms with Crippen LogP contribution in [0.5, 0.6) is 11.5 Å². The molecule has 0 radical (unpaired) electrons. The lowest BCUT2D eigenvalue weighted by Crippen LogP contribution is -2.05. The van der Waals surface area contributed by atoms with Crippen molar-refractivity contribution < 1.29 is 23.0 Å². The molecule has 0 unspecified atom stereocenters. The van der Waals surface area contributed by atoms with Gasteiger partial charge in [0.15, 0.2) is 17.3 Å². The predicted molar refractivity (Wildman–Crippen MR) is 77.3 cm³/mol. The zero-order chi connectivity index (χ0) is 15.2. The second-order valence-corrected chi connectivity index (χ2v) is 4.88. The number of ketones is 1. The van der Waals surface area contributed by atoms with Gasteiger partial charge in [-0.2, -0.15) is 8.78 Å². The minimum Gasteiger partial charge on any atom is -0.493 e. The van der Waals surface area contributed by atoms with Gasteiger partial charge >= 0.3 is 6.61 Å². The second kappa shape index (κ2) is 6.99. The molecule has 1 heterocycles. The van der Waals surface area contributed by atoms with E-state index in [1.54, 1.807) is 29.6 Å². The van der Waals surface area contributed by atoms with Gasteiger partial charge in [0.1, 0.15) is 0 Å². The van der Waals surface area contributed by atoms with E-state index in [9.17, 15) is 13.6 Å². The highest BCUT2D eigenvalue weighted by atomic mass is 32.1. The Bertz CT molecular complexity index is 636. The molecule has 0 fully saturated rings. The lowest BCUT2D eigenvalue weighted by Gasteiger charge is -2.12. The summed E-state index contributed by atoms with van der Waals surface area (Å²) in [6.07, 6.45) is 2.75. The van der Waals surface area contributed by atoms with Crippen LogP contribution in [-0.2, 0) is 0 Å². The van der Waals surface area contributed by atoms with Crippen LogP contribution in [0, 0.1) is 0 Å². The number of para-hydroxylation sites is 1. The van der Waals surface area contributed by atoms with E-state index in [1.165, 1.54) is 36.7 Å². The molecule has 6 heteroatoms. The lowest BCUT2D eigenvalue weighted by molar-refractivity contribution is -0.0513. The maximum absolute atomic E-state index is 12.5.